The molecule has 0 spiro atoms. The second-order valence-corrected chi connectivity index (χ2v) is 7.97. The van der Waals surface area contributed by atoms with Gasteiger partial charge in [0.15, 0.2) is 0 Å². The maximum atomic E-state index is 12.9. The van der Waals surface area contributed by atoms with E-state index in [4.69, 9.17) is 4.74 Å². The van der Waals surface area contributed by atoms with Gasteiger partial charge in [0.2, 0.25) is 5.91 Å². The molecule has 2 aromatic carbocycles. The molecule has 1 aliphatic rings. The topological polar surface area (TPSA) is 87.7 Å². The van der Waals surface area contributed by atoms with Crippen LogP contribution in [0.2, 0.25) is 0 Å². The molecule has 0 saturated carbocycles. The zero-order chi connectivity index (χ0) is 22.9. The summed E-state index contributed by atoms with van der Waals surface area (Å²) < 4.78 is 5.20. The third-order valence-corrected chi connectivity index (χ3v) is 5.77. The summed E-state index contributed by atoms with van der Waals surface area (Å²) in [6.45, 7) is 3.63. The number of amides is 3. The molecule has 1 fully saturated rings. The number of carbonyl (C=O) groups excluding carboxylic acids is 3. The molecule has 3 amide bonds. The van der Waals surface area contributed by atoms with Crippen LogP contribution in [0.3, 0.4) is 0 Å². The predicted octanol–water partition coefficient (Wildman–Crippen LogP) is 2.87. The Kier molecular flexibility index (Phi) is 8.25. The van der Waals surface area contributed by atoms with Gasteiger partial charge in [-0.25, -0.2) is 0 Å². The Morgan fingerprint density at radius 2 is 1.72 bits per heavy atom. The molecular formula is C25H31N3O4. The fourth-order valence-corrected chi connectivity index (χ4v) is 3.94. The Bertz CT molecular complexity index is 924. The molecule has 32 heavy (non-hydrogen) atoms. The quantitative estimate of drug-likeness (QED) is 0.665. The number of rotatable bonds is 8. The maximum absolute atomic E-state index is 12.9. The molecule has 170 valence electrons. The van der Waals surface area contributed by atoms with Crippen molar-refractivity contribution in [2.24, 2.45) is 5.92 Å². The minimum absolute atomic E-state index is 0.00329. The van der Waals surface area contributed by atoms with Crippen LogP contribution < -0.4 is 15.4 Å². The lowest BCUT2D eigenvalue weighted by Crippen LogP contribution is -2.54. The van der Waals surface area contributed by atoms with Gasteiger partial charge in [-0.05, 0) is 55.5 Å². The lowest BCUT2D eigenvalue weighted by molar-refractivity contribution is -0.124. The Morgan fingerprint density at radius 3 is 2.38 bits per heavy atom. The molecule has 0 unspecified atom stereocenters. The SMILES string of the molecule is CCCNC(=O)[C@H](NC(=O)c1cccc(OC)c1)C1CCN(C(=O)c2ccccc2)CC1. The summed E-state index contributed by atoms with van der Waals surface area (Å²) in [7, 11) is 1.54. The number of nitrogens with zero attached hydrogens (tertiary/aromatic N) is 1. The summed E-state index contributed by atoms with van der Waals surface area (Å²) in [5.41, 5.74) is 1.10. The van der Waals surface area contributed by atoms with Gasteiger partial charge in [-0.3, -0.25) is 14.4 Å². The Morgan fingerprint density at radius 1 is 1.03 bits per heavy atom. The van der Waals surface area contributed by atoms with Crippen LogP contribution in [0.5, 0.6) is 5.75 Å². The van der Waals surface area contributed by atoms with Crippen molar-refractivity contribution in [1.82, 2.24) is 15.5 Å². The van der Waals surface area contributed by atoms with E-state index in [1.807, 2.05) is 42.2 Å². The smallest absolute Gasteiger partial charge is 0.253 e. The van der Waals surface area contributed by atoms with Crippen molar-refractivity contribution >= 4 is 17.7 Å². The van der Waals surface area contributed by atoms with Crippen molar-refractivity contribution in [1.29, 1.82) is 0 Å². The Balaban J connectivity index is 1.68. The van der Waals surface area contributed by atoms with E-state index in [2.05, 4.69) is 10.6 Å². The van der Waals surface area contributed by atoms with E-state index in [0.717, 1.165) is 6.42 Å². The minimum Gasteiger partial charge on any atom is -0.497 e. The lowest BCUT2D eigenvalue weighted by Gasteiger charge is -2.36. The Hall–Kier alpha value is -3.35. The zero-order valence-corrected chi connectivity index (χ0v) is 18.7. The fourth-order valence-electron chi connectivity index (χ4n) is 3.94. The molecule has 0 aromatic heterocycles. The average Bonchev–Trinajstić information content (AvgIpc) is 2.86. The van der Waals surface area contributed by atoms with Crippen LogP contribution >= 0.6 is 0 Å². The van der Waals surface area contributed by atoms with Crippen LogP contribution in [-0.4, -0.2) is 55.4 Å². The van der Waals surface area contributed by atoms with E-state index in [9.17, 15) is 14.4 Å². The van der Waals surface area contributed by atoms with Gasteiger partial charge in [0.25, 0.3) is 11.8 Å². The summed E-state index contributed by atoms with van der Waals surface area (Å²) in [6, 6.07) is 15.4. The van der Waals surface area contributed by atoms with Gasteiger partial charge in [0.05, 0.1) is 7.11 Å². The molecule has 1 aliphatic heterocycles. The molecule has 2 aromatic rings. The first-order valence-electron chi connectivity index (χ1n) is 11.1. The van der Waals surface area contributed by atoms with Gasteiger partial charge >= 0.3 is 0 Å². The van der Waals surface area contributed by atoms with Crippen molar-refractivity contribution < 1.29 is 19.1 Å². The normalized spacial score (nSPS) is 15.0. The van der Waals surface area contributed by atoms with Crippen LogP contribution in [-0.2, 0) is 4.79 Å². The maximum Gasteiger partial charge on any atom is 0.253 e. The van der Waals surface area contributed by atoms with E-state index in [0.29, 0.717) is 49.4 Å². The van der Waals surface area contributed by atoms with Crippen molar-refractivity contribution in [2.45, 2.75) is 32.2 Å². The first-order chi connectivity index (χ1) is 15.5. The molecular weight excluding hydrogens is 406 g/mol. The molecule has 3 rings (SSSR count). The van der Waals surface area contributed by atoms with Gasteiger partial charge in [0.1, 0.15) is 11.8 Å². The van der Waals surface area contributed by atoms with E-state index < -0.39 is 6.04 Å². The van der Waals surface area contributed by atoms with Crippen LogP contribution in [0.15, 0.2) is 54.6 Å². The van der Waals surface area contributed by atoms with Gasteiger partial charge in [-0.1, -0.05) is 31.2 Å². The van der Waals surface area contributed by atoms with Gasteiger partial charge in [-0.15, -0.1) is 0 Å². The van der Waals surface area contributed by atoms with E-state index >= 15 is 0 Å². The molecule has 1 heterocycles. The molecule has 7 nitrogen and oxygen atoms in total. The number of nitrogens with one attached hydrogen (secondary N) is 2. The number of hydrogen-bond donors (Lipinski definition) is 2. The second-order valence-electron chi connectivity index (χ2n) is 7.97. The van der Waals surface area contributed by atoms with Crippen LogP contribution in [0, 0.1) is 5.92 Å². The molecule has 0 aliphatic carbocycles. The number of benzene rings is 2. The van der Waals surface area contributed by atoms with E-state index in [1.165, 1.54) is 0 Å². The second kappa shape index (κ2) is 11.3. The highest BCUT2D eigenvalue weighted by Gasteiger charge is 2.34. The number of hydrogen-bond acceptors (Lipinski definition) is 4. The molecule has 1 saturated heterocycles. The Labute approximate surface area is 189 Å². The average molecular weight is 438 g/mol. The number of likely N-dealkylation sites (tertiary alicyclic amines) is 1. The van der Waals surface area contributed by atoms with E-state index in [1.54, 1.807) is 31.4 Å². The van der Waals surface area contributed by atoms with Crippen LogP contribution in [0.25, 0.3) is 0 Å². The van der Waals surface area contributed by atoms with Gasteiger partial charge in [-0.2, -0.15) is 0 Å². The summed E-state index contributed by atoms with van der Waals surface area (Å²) >= 11 is 0. The van der Waals surface area contributed by atoms with Crippen molar-refractivity contribution in [3.63, 3.8) is 0 Å². The third kappa shape index (κ3) is 5.87. The minimum atomic E-state index is -0.658. The summed E-state index contributed by atoms with van der Waals surface area (Å²) in [5, 5.41) is 5.84. The molecule has 7 heteroatoms. The van der Waals surface area contributed by atoms with Crippen LogP contribution in [0.4, 0.5) is 0 Å². The fraction of sp³-hybridized carbons (Fsp3) is 0.400. The van der Waals surface area contributed by atoms with Crippen molar-refractivity contribution in [3.05, 3.63) is 65.7 Å². The van der Waals surface area contributed by atoms with Crippen LogP contribution in [0.1, 0.15) is 46.9 Å². The number of methoxy groups -OCH3 is 1. The lowest BCUT2D eigenvalue weighted by atomic mass is 9.88. The first kappa shape index (κ1) is 23.3. The highest BCUT2D eigenvalue weighted by Crippen LogP contribution is 2.23. The van der Waals surface area contributed by atoms with E-state index in [-0.39, 0.29) is 23.6 Å². The molecule has 0 radical (unpaired) electrons. The monoisotopic (exact) mass is 437 g/mol. The molecule has 0 bridgehead atoms. The number of piperidine rings is 1. The largest absolute Gasteiger partial charge is 0.497 e. The predicted molar refractivity (Wildman–Crippen MR) is 123 cm³/mol. The summed E-state index contributed by atoms with van der Waals surface area (Å²) in [6.07, 6.45) is 2.09. The highest BCUT2D eigenvalue weighted by atomic mass is 16.5. The summed E-state index contributed by atoms with van der Waals surface area (Å²) in [5.74, 6) is 0.0225. The van der Waals surface area contributed by atoms with Crippen molar-refractivity contribution in [2.75, 3.05) is 26.7 Å². The molecule has 1 atom stereocenters. The first-order valence-corrected chi connectivity index (χ1v) is 11.1. The highest BCUT2D eigenvalue weighted by molar-refractivity contribution is 5.98. The van der Waals surface area contributed by atoms with Gasteiger partial charge < -0.3 is 20.3 Å². The summed E-state index contributed by atoms with van der Waals surface area (Å²) in [4.78, 5) is 40.3. The molecule has 2 N–H and O–H groups in total. The number of carbonyl (C=O) groups is 3. The van der Waals surface area contributed by atoms with Gasteiger partial charge in [0, 0.05) is 30.8 Å². The zero-order valence-electron chi connectivity index (χ0n) is 18.7. The van der Waals surface area contributed by atoms with Crippen molar-refractivity contribution in [3.8, 4) is 5.75 Å². The number of ether oxygens (including phenoxy) is 1. The standard InChI is InChI=1S/C25H31N3O4/c1-3-14-26-24(30)22(27-23(29)20-10-7-11-21(17-20)32-2)18-12-15-28(16-13-18)25(31)19-8-5-4-6-9-19/h4-11,17-18,22H,3,12-16H2,1-2H3,(H,26,30)(H,27,29)/t22-/m1/s1. The third-order valence-electron chi connectivity index (χ3n) is 5.77.